The molecule has 29 heavy (non-hydrogen) atoms. The van der Waals surface area contributed by atoms with Crippen LogP contribution in [0.2, 0.25) is 0 Å². The minimum atomic E-state index is -0.856. The number of aromatic carboxylic acids is 1. The quantitative estimate of drug-likeness (QED) is 0.543. The number of rotatable bonds is 9. The number of nitrogens with one attached hydrogen (secondary N) is 1. The van der Waals surface area contributed by atoms with Crippen molar-refractivity contribution in [3.8, 4) is 0 Å². The number of carboxylic acids is 1. The van der Waals surface area contributed by atoms with Gasteiger partial charge in [-0.25, -0.2) is 4.79 Å². The third kappa shape index (κ3) is 4.96. The van der Waals surface area contributed by atoms with Gasteiger partial charge in [0.05, 0.1) is 5.56 Å². The molecule has 0 bridgehead atoms. The maximum atomic E-state index is 12.0. The predicted octanol–water partition coefficient (Wildman–Crippen LogP) is 4.96. The SMILES string of the molecule is CC[C@@H](Cc1ccccc1)NCc1c(C(=O)O)c(C)n(Cc2ccccc2)c1C. The van der Waals surface area contributed by atoms with E-state index in [0.29, 0.717) is 24.7 Å². The number of hydrogen-bond donors (Lipinski definition) is 2. The molecular formula is C25H30N2O2. The summed E-state index contributed by atoms with van der Waals surface area (Å²) in [5.41, 5.74) is 5.61. The fourth-order valence-corrected chi connectivity index (χ4v) is 3.96. The highest BCUT2D eigenvalue weighted by Gasteiger charge is 2.23. The topological polar surface area (TPSA) is 54.3 Å². The zero-order chi connectivity index (χ0) is 20.8. The number of hydrogen-bond acceptors (Lipinski definition) is 2. The van der Waals surface area contributed by atoms with E-state index in [1.165, 1.54) is 11.1 Å². The van der Waals surface area contributed by atoms with Gasteiger partial charge in [0.15, 0.2) is 0 Å². The fraction of sp³-hybridized carbons (Fsp3) is 0.320. The molecule has 0 unspecified atom stereocenters. The summed E-state index contributed by atoms with van der Waals surface area (Å²) in [5.74, 6) is -0.856. The molecule has 0 amide bonds. The van der Waals surface area contributed by atoms with E-state index < -0.39 is 5.97 Å². The first kappa shape index (κ1) is 20.9. The molecule has 4 nitrogen and oxygen atoms in total. The second-order valence-electron chi connectivity index (χ2n) is 7.58. The third-order valence-electron chi connectivity index (χ3n) is 5.69. The summed E-state index contributed by atoms with van der Waals surface area (Å²) in [6, 6.07) is 20.9. The van der Waals surface area contributed by atoms with Crippen LogP contribution >= 0.6 is 0 Å². The molecule has 0 saturated heterocycles. The van der Waals surface area contributed by atoms with Crippen molar-refractivity contribution in [1.29, 1.82) is 0 Å². The number of carboxylic acid groups (broad SMARTS) is 1. The van der Waals surface area contributed by atoms with Crippen LogP contribution in [0, 0.1) is 13.8 Å². The van der Waals surface area contributed by atoms with E-state index in [2.05, 4.69) is 53.2 Å². The standard InChI is InChI=1S/C25H30N2O2/c1-4-22(15-20-11-7-5-8-12-20)26-16-23-18(2)27(19(3)24(23)25(28)29)17-21-13-9-6-10-14-21/h5-14,22,26H,4,15-17H2,1-3H3,(H,28,29)/t22-/m0/s1. The third-order valence-corrected chi connectivity index (χ3v) is 5.69. The molecule has 1 heterocycles. The van der Waals surface area contributed by atoms with Crippen molar-refractivity contribution in [1.82, 2.24) is 9.88 Å². The normalized spacial score (nSPS) is 12.1. The van der Waals surface area contributed by atoms with Gasteiger partial charge in [0, 0.05) is 36.1 Å². The number of aromatic nitrogens is 1. The molecule has 2 aromatic carbocycles. The molecule has 0 spiro atoms. The van der Waals surface area contributed by atoms with Crippen molar-refractivity contribution in [2.75, 3.05) is 0 Å². The lowest BCUT2D eigenvalue weighted by atomic mass is 10.0. The van der Waals surface area contributed by atoms with E-state index in [1.54, 1.807) is 0 Å². The first-order chi connectivity index (χ1) is 14.0. The molecule has 152 valence electrons. The van der Waals surface area contributed by atoms with E-state index in [0.717, 1.165) is 29.8 Å². The Hall–Kier alpha value is -2.85. The highest BCUT2D eigenvalue weighted by Crippen LogP contribution is 2.24. The molecule has 0 aliphatic heterocycles. The minimum absolute atomic E-state index is 0.302. The molecule has 0 fully saturated rings. The Morgan fingerprint density at radius 3 is 2.10 bits per heavy atom. The molecule has 3 rings (SSSR count). The highest BCUT2D eigenvalue weighted by atomic mass is 16.4. The van der Waals surface area contributed by atoms with Gasteiger partial charge in [-0.3, -0.25) is 0 Å². The smallest absolute Gasteiger partial charge is 0.337 e. The van der Waals surface area contributed by atoms with Crippen molar-refractivity contribution in [2.24, 2.45) is 0 Å². The van der Waals surface area contributed by atoms with Crippen LogP contribution in [0.4, 0.5) is 0 Å². The van der Waals surface area contributed by atoms with E-state index >= 15 is 0 Å². The Labute approximate surface area is 173 Å². The Kier molecular flexibility index (Phi) is 6.89. The Morgan fingerprint density at radius 1 is 0.966 bits per heavy atom. The summed E-state index contributed by atoms with van der Waals surface area (Å²) in [5, 5.41) is 13.5. The van der Waals surface area contributed by atoms with E-state index in [9.17, 15) is 9.90 Å². The van der Waals surface area contributed by atoms with Gasteiger partial charge in [0.1, 0.15) is 0 Å². The van der Waals surface area contributed by atoms with Gasteiger partial charge >= 0.3 is 5.97 Å². The second kappa shape index (κ2) is 9.57. The van der Waals surface area contributed by atoms with Gasteiger partial charge in [-0.05, 0) is 37.8 Å². The fourth-order valence-electron chi connectivity index (χ4n) is 3.96. The van der Waals surface area contributed by atoms with Crippen LogP contribution in [0.3, 0.4) is 0 Å². The molecular weight excluding hydrogens is 360 g/mol. The van der Waals surface area contributed by atoms with Gasteiger partial charge in [-0.2, -0.15) is 0 Å². The van der Waals surface area contributed by atoms with Gasteiger partial charge in [0.25, 0.3) is 0 Å². The van der Waals surface area contributed by atoms with Gasteiger partial charge < -0.3 is 15.0 Å². The maximum Gasteiger partial charge on any atom is 0.337 e. The van der Waals surface area contributed by atoms with Crippen LogP contribution in [0.15, 0.2) is 60.7 Å². The number of benzene rings is 2. The zero-order valence-electron chi connectivity index (χ0n) is 17.5. The van der Waals surface area contributed by atoms with E-state index in [-0.39, 0.29) is 0 Å². The second-order valence-corrected chi connectivity index (χ2v) is 7.58. The predicted molar refractivity (Wildman–Crippen MR) is 117 cm³/mol. The lowest BCUT2D eigenvalue weighted by molar-refractivity contribution is 0.0694. The highest BCUT2D eigenvalue weighted by molar-refractivity contribution is 5.91. The van der Waals surface area contributed by atoms with Crippen molar-refractivity contribution in [2.45, 2.75) is 52.7 Å². The summed E-state index contributed by atoms with van der Waals surface area (Å²) in [6.45, 7) is 7.33. The summed E-state index contributed by atoms with van der Waals surface area (Å²) < 4.78 is 2.12. The number of carbonyl (C=O) groups is 1. The summed E-state index contributed by atoms with van der Waals surface area (Å²) in [6.07, 6.45) is 1.92. The van der Waals surface area contributed by atoms with Crippen molar-refractivity contribution in [3.05, 3.63) is 94.3 Å². The lowest BCUT2D eigenvalue weighted by Crippen LogP contribution is -2.30. The van der Waals surface area contributed by atoms with Gasteiger partial charge in [-0.1, -0.05) is 67.6 Å². The van der Waals surface area contributed by atoms with Crippen molar-refractivity contribution < 1.29 is 9.90 Å². The molecule has 0 aliphatic carbocycles. The van der Waals surface area contributed by atoms with Crippen LogP contribution in [-0.2, 0) is 19.5 Å². The van der Waals surface area contributed by atoms with Crippen LogP contribution in [-0.4, -0.2) is 21.7 Å². The van der Waals surface area contributed by atoms with Crippen LogP contribution < -0.4 is 5.32 Å². The van der Waals surface area contributed by atoms with Crippen LogP contribution in [0.25, 0.3) is 0 Å². The van der Waals surface area contributed by atoms with Crippen molar-refractivity contribution in [3.63, 3.8) is 0 Å². The average molecular weight is 391 g/mol. The molecule has 1 atom stereocenters. The number of nitrogens with zero attached hydrogens (tertiary/aromatic N) is 1. The molecule has 0 radical (unpaired) electrons. The monoisotopic (exact) mass is 390 g/mol. The molecule has 3 aromatic rings. The van der Waals surface area contributed by atoms with E-state index in [1.807, 2.05) is 38.1 Å². The first-order valence-corrected chi connectivity index (χ1v) is 10.2. The molecule has 2 N–H and O–H groups in total. The maximum absolute atomic E-state index is 12.0. The van der Waals surface area contributed by atoms with E-state index in [4.69, 9.17) is 0 Å². The average Bonchev–Trinajstić information content (AvgIpc) is 2.97. The Balaban J connectivity index is 1.82. The van der Waals surface area contributed by atoms with Crippen molar-refractivity contribution >= 4 is 5.97 Å². The largest absolute Gasteiger partial charge is 0.478 e. The van der Waals surface area contributed by atoms with Gasteiger partial charge in [-0.15, -0.1) is 0 Å². The summed E-state index contributed by atoms with van der Waals surface area (Å²) in [4.78, 5) is 12.0. The Bertz CT molecular complexity index is 946. The lowest BCUT2D eigenvalue weighted by Gasteiger charge is -2.18. The van der Waals surface area contributed by atoms with Crippen LogP contribution in [0.5, 0.6) is 0 Å². The summed E-state index contributed by atoms with van der Waals surface area (Å²) >= 11 is 0. The minimum Gasteiger partial charge on any atom is -0.478 e. The van der Waals surface area contributed by atoms with Gasteiger partial charge in [0.2, 0.25) is 0 Å². The molecule has 4 heteroatoms. The first-order valence-electron chi connectivity index (χ1n) is 10.2. The Morgan fingerprint density at radius 2 is 1.55 bits per heavy atom. The summed E-state index contributed by atoms with van der Waals surface area (Å²) in [7, 11) is 0. The zero-order valence-corrected chi connectivity index (χ0v) is 17.5. The van der Waals surface area contributed by atoms with Crippen LogP contribution in [0.1, 0.15) is 51.8 Å². The molecule has 1 aromatic heterocycles. The molecule has 0 saturated carbocycles. The molecule has 0 aliphatic rings.